The molecule has 2 aliphatic heterocycles. The molecule has 7 heteroatoms. The summed E-state index contributed by atoms with van der Waals surface area (Å²) in [5.41, 5.74) is 4.47. The predicted molar refractivity (Wildman–Crippen MR) is 129 cm³/mol. The Kier molecular flexibility index (Phi) is 7.26. The summed E-state index contributed by atoms with van der Waals surface area (Å²) >= 11 is 0. The molecule has 1 saturated heterocycles. The number of nitriles is 1. The van der Waals surface area contributed by atoms with E-state index in [-0.39, 0.29) is 6.04 Å². The summed E-state index contributed by atoms with van der Waals surface area (Å²) in [6.45, 7) is 3.40. The number of nitrogens with one attached hydrogen (secondary N) is 2. The lowest BCUT2D eigenvalue weighted by Crippen LogP contribution is -2.43. The number of amides is 2. The number of piperidine rings is 1. The van der Waals surface area contributed by atoms with Crippen LogP contribution in [-0.4, -0.2) is 49.9 Å². The minimum atomic E-state index is -0.762. The van der Waals surface area contributed by atoms with E-state index in [0.29, 0.717) is 17.8 Å². The molecule has 0 saturated carbocycles. The molecule has 0 bridgehead atoms. The number of benzene rings is 2. The van der Waals surface area contributed by atoms with Crippen molar-refractivity contribution in [2.24, 2.45) is 0 Å². The molecule has 2 aromatic carbocycles. The minimum absolute atomic E-state index is 0.0194. The van der Waals surface area contributed by atoms with Gasteiger partial charge in [-0.1, -0.05) is 30.7 Å². The standard InChI is InChI=1S/C26H31N5O2/c1-30-13-7-9-19-16-20(11-12-23(19)30)24(31-14-5-2-6-15-31)18-28-25(32)26(33)29-22-10-4-3-8-21(22)17-27/h3-4,8,10-12,16,24H,2,5-7,9,13-15,18H2,1H3,(H,28,32)(H,29,33)/t24-/m1/s1. The van der Waals surface area contributed by atoms with E-state index in [0.717, 1.165) is 45.3 Å². The van der Waals surface area contributed by atoms with Gasteiger partial charge < -0.3 is 15.5 Å². The van der Waals surface area contributed by atoms with Crippen LogP contribution >= 0.6 is 0 Å². The van der Waals surface area contributed by atoms with Crippen LogP contribution in [0.5, 0.6) is 0 Å². The molecule has 2 aromatic rings. The van der Waals surface area contributed by atoms with Crippen molar-refractivity contribution in [1.82, 2.24) is 10.2 Å². The second-order valence-electron chi connectivity index (χ2n) is 8.85. The van der Waals surface area contributed by atoms with E-state index in [1.165, 1.54) is 23.2 Å². The molecular formula is C26H31N5O2. The van der Waals surface area contributed by atoms with Crippen molar-refractivity contribution in [2.45, 2.75) is 38.1 Å². The van der Waals surface area contributed by atoms with Crippen LogP contribution < -0.4 is 15.5 Å². The van der Waals surface area contributed by atoms with Gasteiger partial charge in [0.1, 0.15) is 6.07 Å². The van der Waals surface area contributed by atoms with Crippen LogP contribution in [0.25, 0.3) is 0 Å². The Bertz CT molecular complexity index is 1050. The number of para-hydroxylation sites is 1. The highest BCUT2D eigenvalue weighted by molar-refractivity contribution is 6.39. The van der Waals surface area contributed by atoms with Gasteiger partial charge in [-0.2, -0.15) is 5.26 Å². The predicted octanol–water partition coefficient (Wildman–Crippen LogP) is 3.22. The van der Waals surface area contributed by atoms with Crippen LogP contribution in [0, 0.1) is 11.3 Å². The molecule has 2 heterocycles. The number of nitrogens with zero attached hydrogens (tertiary/aromatic N) is 3. The average Bonchev–Trinajstić information content (AvgIpc) is 2.85. The zero-order chi connectivity index (χ0) is 23.2. The van der Waals surface area contributed by atoms with Crippen molar-refractivity contribution in [1.29, 1.82) is 5.26 Å². The van der Waals surface area contributed by atoms with Gasteiger partial charge in [0.25, 0.3) is 0 Å². The lowest BCUT2D eigenvalue weighted by molar-refractivity contribution is -0.136. The largest absolute Gasteiger partial charge is 0.374 e. The average molecular weight is 446 g/mol. The van der Waals surface area contributed by atoms with Crippen LogP contribution in [-0.2, 0) is 16.0 Å². The Balaban J connectivity index is 1.47. The molecule has 1 fully saturated rings. The number of hydrogen-bond donors (Lipinski definition) is 2. The van der Waals surface area contributed by atoms with Gasteiger partial charge in [-0.3, -0.25) is 14.5 Å². The quantitative estimate of drug-likeness (QED) is 0.690. The van der Waals surface area contributed by atoms with Crippen LogP contribution in [0.15, 0.2) is 42.5 Å². The van der Waals surface area contributed by atoms with Gasteiger partial charge in [0.2, 0.25) is 0 Å². The van der Waals surface area contributed by atoms with Gasteiger partial charge in [0, 0.05) is 25.8 Å². The maximum absolute atomic E-state index is 12.6. The first kappa shape index (κ1) is 22.8. The number of carbonyl (C=O) groups excluding carboxylic acids is 2. The molecule has 2 amide bonds. The summed E-state index contributed by atoms with van der Waals surface area (Å²) in [7, 11) is 2.13. The van der Waals surface area contributed by atoms with Gasteiger partial charge in [0.05, 0.1) is 17.3 Å². The summed E-state index contributed by atoms with van der Waals surface area (Å²) in [5, 5.41) is 14.6. The molecule has 2 N–H and O–H groups in total. The Morgan fingerprint density at radius 2 is 1.82 bits per heavy atom. The van der Waals surface area contributed by atoms with E-state index in [1.54, 1.807) is 24.3 Å². The van der Waals surface area contributed by atoms with Gasteiger partial charge in [-0.15, -0.1) is 0 Å². The first-order valence-corrected chi connectivity index (χ1v) is 11.7. The van der Waals surface area contributed by atoms with Crippen LogP contribution in [0.2, 0.25) is 0 Å². The van der Waals surface area contributed by atoms with Gasteiger partial charge >= 0.3 is 11.8 Å². The first-order valence-electron chi connectivity index (χ1n) is 11.7. The van der Waals surface area contributed by atoms with Crippen LogP contribution in [0.1, 0.15) is 48.4 Å². The Morgan fingerprint density at radius 3 is 2.61 bits per heavy atom. The maximum Gasteiger partial charge on any atom is 0.313 e. The maximum atomic E-state index is 12.6. The molecule has 0 unspecified atom stereocenters. The number of hydrogen-bond acceptors (Lipinski definition) is 5. The molecule has 0 radical (unpaired) electrons. The molecular weight excluding hydrogens is 414 g/mol. The summed E-state index contributed by atoms with van der Waals surface area (Å²) in [4.78, 5) is 29.8. The molecule has 2 aliphatic rings. The zero-order valence-corrected chi connectivity index (χ0v) is 19.1. The van der Waals surface area contributed by atoms with Crippen molar-refractivity contribution >= 4 is 23.2 Å². The van der Waals surface area contributed by atoms with Crippen molar-refractivity contribution in [3.8, 4) is 6.07 Å². The van der Waals surface area contributed by atoms with Crippen molar-refractivity contribution < 1.29 is 9.59 Å². The molecule has 0 aromatic heterocycles. The van der Waals surface area contributed by atoms with E-state index in [4.69, 9.17) is 0 Å². The van der Waals surface area contributed by atoms with E-state index in [2.05, 4.69) is 45.7 Å². The van der Waals surface area contributed by atoms with Crippen LogP contribution in [0.4, 0.5) is 11.4 Å². The first-order chi connectivity index (χ1) is 16.1. The molecule has 0 spiro atoms. The summed E-state index contributed by atoms with van der Waals surface area (Å²) in [6, 6.07) is 15.3. The monoisotopic (exact) mass is 445 g/mol. The normalized spacial score (nSPS) is 16.9. The molecule has 33 heavy (non-hydrogen) atoms. The highest BCUT2D eigenvalue weighted by Gasteiger charge is 2.26. The number of aryl methyl sites for hydroxylation is 1. The third kappa shape index (κ3) is 5.35. The molecule has 1 atom stereocenters. The third-order valence-electron chi connectivity index (χ3n) is 6.63. The lowest BCUT2D eigenvalue weighted by atomic mass is 9.95. The van der Waals surface area contributed by atoms with Crippen molar-refractivity contribution in [3.63, 3.8) is 0 Å². The SMILES string of the molecule is CN1CCCc2cc([C@@H](CNC(=O)C(=O)Nc3ccccc3C#N)N3CCCCC3)ccc21. The fourth-order valence-corrected chi connectivity index (χ4v) is 4.84. The van der Waals surface area contributed by atoms with E-state index in [9.17, 15) is 14.9 Å². The Morgan fingerprint density at radius 1 is 1.03 bits per heavy atom. The van der Waals surface area contributed by atoms with E-state index in [1.807, 2.05) is 6.07 Å². The number of likely N-dealkylation sites (tertiary alicyclic amines) is 1. The van der Waals surface area contributed by atoms with Crippen molar-refractivity contribution in [3.05, 3.63) is 59.2 Å². The summed E-state index contributed by atoms with van der Waals surface area (Å²) < 4.78 is 0. The van der Waals surface area contributed by atoms with Crippen molar-refractivity contribution in [2.75, 3.05) is 43.4 Å². The van der Waals surface area contributed by atoms with E-state index >= 15 is 0 Å². The fraction of sp³-hybridized carbons (Fsp3) is 0.423. The third-order valence-corrected chi connectivity index (χ3v) is 6.63. The lowest BCUT2D eigenvalue weighted by Gasteiger charge is -2.36. The molecule has 4 rings (SSSR count). The van der Waals surface area contributed by atoms with Gasteiger partial charge in [-0.25, -0.2) is 0 Å². The molecule has 7 nitrogen and oxygen atoms in total. The second kappa shape index (κ2) is 10.5. The summed E-state index contributed by atoms with van der Waals surface area (Å²) in [6.07, 6.45) is 5.72. The van der Waals surface area contributed by atoms with E-state index < -0.39 is 11.8 Å². The highest BCUT2D eigenvalue weighted by Crippen LogP contribution is 2.31. The number of carbonyl (C=O) groups is 2. The van der Waals surface area contributed by atoms with Gasteiger partial charge in [0.15, 0.2) is 0 Å². The highest BCUT2D eigenvalue weighted by atomic mass is 16.2. The molecule has 0 aliphatic carbocycles. The number of fused-ring (bicyclic) bond motifs is 1. The zero-order valence-electron chi connectivity index (χ0n) is 19.1. The minimum Gasteiger partial charge on any atom is -0.374 e. The Hall–Kier alpha value is -3.37. The molecule has 172 valence electrons. The van der Waals surface area contributed by atoms with Gasteiger partial charge in [-0.05, 0) is 68.1 Å². The number of rotatable bonds is 5. The topological polar surface area (TPSA) is 88.5 Å². The Labute approximate surface area is 195 Å². The fourth-order valence-electron chi connectivity index (χ4n) is 4.84. The smallest absolute Gasteiger partial charge is 0.313 e. The number of anilines is 2. The second-order valence-corrected chi connectivity index (χ2v) is 8.85. The summed E-state index contributed by atoms with van der Waals surface area (Å²) in [5.74, 6) is -1.45. The van der Waals surface area contributed by atoms with Crippen LogP contribution in [0.3, 0.4) is 0 Å².